The van der Waals surface area contributed by atoms with E-state index in [1.165, 1.54) is 0 Å². The van der Waals surface area contributed by atoms with Crippen LogP contribution in [-0.4, -0.2) is 35.6 Å². The Kier molecular flexibility index (Phi) is 6.01. The van der Waals surface area contributed by atoms with Crippen LogP contribution in [0.15, 0.2) is 77.3 Å². The Morgan fingerprint density at radius 1 is 1.00 bits per heavy atom. The van der Waals surface area contributed by atoms with Crippen LogP contribution >= 0.6 is 0 Å². The predicted octanol–water partition coefficient (Wildman–Crippen LogP) is 4.71. The molecule has 1 fully saturated rings. The number of carbonyl (C=O) groups is 2. The summed E-state index contributed by atoms with van der Waals surface area (Å²) in [6, 6.07) is 22.3. The highest BCUT2D eigenvalue weighted by Crippen LogP contribution is 2.28. The molecule has 3 aromatic carbocycles. The number of ether oxygens (including phenoxy) is 1. The summed E-state index contributed by atoms with van der Waals surface area (Å²) in [5, 5.41) is 6.97. The third kappa shape index (κ3) is 4.77. The van der Waals surface area contributed by atoms with Crippen molar-refractivity contribution in [1.82, 2.24) is 10.1 Å². The van der Waals surface area contributed by atoms with Gasteiger partial charge in [-0.25, -0.2) is 0 Å². The second-order valence-corrected chi connectivity index (χ2v) is 8.46. The highest BCUT2D eigenvalue weighted by molar-refractivity contribution is 6.03. The summed E-state index contributed by atoms with van der Waals surface area (Å²) in [6.45, 7) is 2.35. The zero-order chi connectivity index (χ0) is 24.4. The molecule has 1 aliphatic heterocycles. The first-order chi connectivity index (χ1) is 17.0. The Morgan fingerprint density at radius 3 is 2.37 bits per heavy atom. The molecule has 2 heterocycles. The number of anilines is 2. The lowest BCUT2D eigenvalue weighted by molar-refractivity contribution is -0.122. The maximum absolute atomic E-state index is 12.8. The number of benzene rings is 3. The predicted molar refractivity (Wildman–Crippen MR) is 132 cm³/mol. The maximum Gasteiger partial charge on any atom is 0.258 e. The van der Waals surface area contributed by atoms with Gasteiger partial charge in [0.25, 0.3) is 5.89 Å². The molecule has 1 N–H and O–H groups in total. The average Bonchev–Trinajstić information content (AvgIpc) is 3.52. The number of amides is 2. The van der Waals surface area contributed by atoms with Crippen LogP contribution in [0.1, 0.15) is 12.0 Å². The van der Waals surface area contributed by atoms with Crippen molar-refractivity contribution in [2.45, 2.75) is 13.3 Å². The van der Waals surface area contributed by atoms with Crippen LogP contribution in [0.25, 0.3) is 22.8 Å². The molecule has 1 aliphatic rings. The molecule has 176 valence electrons. The number of aromatic nitrogens is 2. The fourth-order valence-corrected chi connectivity index (χ4v) is 4.00. The first-order valence-electron chi connectivity index (χ1n) is 11.3. The Morgan fingerprint density at radius 2 is 1.69 bits per heavy atom. The highest BCUT2D eigenvalue weighted by atomic mass is 16.5. The molecular weight excluding hydrogens is 444 g/mol. The minimum Gasteiger partial charge on any atom is -0.497 e. The van der Waals surface area contributed by atoms with E-state index in [2.05, 4.69) is 15.5 Å². The lowest BCUT2D eigenvalue weighted by atomic mass is 10.1. The molecule has 35 heavy (non-hydrogen) atoms. The SMILES string of the molecule is COc1ccc(N2C[C@@H](C(=O)Nc3ccc(-c4nc(-c5ccc(C)cc5)no4)cc3)CC2=O)cc1. The zero-order valence-corrected chi connectivity index (χ0v) is 19.4. The molecule has 2 amide bonds. The molecule has 0 bridgehead atoms. The number of nitrogens with one attached hydrogen (secondary N) is 1. The van der Waals surface area contributed by atoms with E-state index in [-0.39, 0.29) is 18.2 Å². The number of methoxy groups -OCH3 is 1. The van der Waals surface area contributed by atoms with E-state index in [9.17, 15) is 9.59 Å². The summed E-state index contributed by atoms with van der Waals surface area (Å²) in [4.78, 5) is 31.4. The number of aryl methyl sites for hydroxylation is 1. The summed E-state index contributed by atoms with van der Waals surface area (Å²) >= 11 is 0. The van der Waals surface area contributed by atoms with Crippen molar-refractivity contribution in [2.24, 2.45) is 5.92 Å². The van der Waals surface area contributed by atoms with Gasteiger partial charge in [-0.1, -0.05) is 35.0 Å². The summed E-state index contributed by atoms with van der Waals surface area (Å²) < 4.78 is 10.6. The van der Waals surface area contributed by atoms with Crippen molar-refractivity contribution in [3.63, 3.8) is 0 Å². The van der Waals surface area contributed by atoms with Gasteiger partial charge in [-0.05, 0) is 55.5 Å². The Bertz CT molecular complexity index is 1350. The molecule has 0 saturated carbocycles. The van der Waals surface area contributed by atoms with Gasteiger partial charge < -0.3 is 19.5 Å². The van der Waals surface area contributed by atoms with Gasteiger partial charge >= 0.3 is 0 Å². The second-order valence-electron chi connectivity index (χ2n) is 8.46. The maximum atomic E-state index is 12.8. The quantitative estimate of drug-likeness (QED) is 0.440. The monoisotopic (exact) mass is 468 g/mol. The average molecular weight is 469 g/mol. The third-order valence-electron chi connectivity index (χ3n) is 6.02. The number of rotatable bonds is 6. The summed E-state index contributed by atoms with van der Waals surface area (Å²) in [5.74, 6) is 0.926. The first kappa shape index (κ1) is 22.3. The summed E-state index contributed by atoms with van der Waals surface area (Å²) in [6.07, 6.45) is 0.166. The van der Waals surface area contributed by atoms with E-state index in [0.717, 1.165) is 22.4 Å². The minimum absolute atomic E-state index is 0.0774. The Balaban J connectivity index is 1.22. The fraction of sp³-hybridized carbons (Fsp3) is 0.185. The van der Waals surface area contributed by atoms with E-state index in [0.29, 0.717) is 29.7 Å². The standard InChI is InChI=1S/C27H24N4O4/c1-17-3-5-18(6-4-17)25-29-27(35-30-25)19-7-9-21(10-8-19)28-26(33)20-15-24(32)31(16-20)22-11-13-23(34-2)14-12-22/h3-14,20H,15-16H2,1-2H3,(H,28,33)/t20-/m0/s1. The molecule has 0 aliphatic carbocycles. The van der Waals surface area contributed by atoms with E-state index in [1.54, 1.807) is 36.3 Å². The van der Waals surface area contributed by atoms with E-state index in [1.807, 2.05) is 55.5 Å². The van der Waals surface area contributed by atoms with Gasteiger partial charge in [0.1, 0.15) is 5.75 Å². The fourth-order valence-electron chi connectivity index (χ4n) is 4.00. The van der Waals surface area contributed by atoms with Crippen molar-refractivity contribution in [1.29, 1.82) is 0 Å². The van der Waals surface area contributed by atoms with Crippen molar-refractivity contribution in [3.8, 4) is 28.6 Å². The number of nitrogens with zero attached hydrogens (tertiary/aromatic N) is 3. The number of carbonyl (C=O) groups excluding carboxylic acids is 2. The number of hydrogen-bond acceptors (Lipinski definition) is 6. The van der Waals surface area contributed by atoms with Crippen LogP contribution in [0.2, 0.25) is 0 Å². The lowest BCUT2D eigenvalue weighted by Gasteiger charge is -2.17. The van der Waals surface area contributed by atoms with E-state index >= 15 is 0 Å². The summed E-state index contributed by atoms with van der Waals surface area (Å²) in [5.41, 5.74) is 4.16. The smallest absolute Gasteiger partial charge is 0.258 e. The van der Waals surface area contributed by atoms with Crippen molar-refractivity contribution < 1.29 is 18.8 Å². The molecule has 1 aromatic heterocycles. The Hall–Kier alpha value is -4.46. The normalized spacial score (nSPS) is 15.3. The third-order valence-corrected chi connectivity index (χ3v) is 6.02. The van der Waals surface area contributed by atoms with Gasteiger partial charge in [0, 0.05) is 35.5 Å². The molecule has 1 saturated heterocycles. The van der Waals surface area contributed by atoms with E-state index in [4.69, 9.17) is 9.26 Å². The largest absolute Gasteiger partial charge is 0.497 e. The lowest BCUT2D eigenvalue weighted by Crippen LogP contribution is -2.28. The molecule has 5 rings (SSSR count). The molecule has 0 spiro atoms. The van der Waals surface area contributed by atoms with Crippen LogP contribution in [0.4, 0.5) is 11.4 Å². The van der Waals surface area contributed by atoms with Gasteiger partial charge in [0.05, 0.1) is 13.0 Å². The molecule has 0 unspecified atom stereocenters. The molecule has 0 radical (unpaired) electrons. The van der Waals surface area contributed by atoms with Gasteiger partial charge in [-0.2, -0.15) is 4.98 Å². The van der Waals surface area contributed by atoms with Gasteiger partial charge in [0.15, 0.2) is 0 Å². The van der Waals surface area contributed by atoms with Crippen LogP contribution < -0.4 is 15.0 Å². The molecule has 1 atom stereocenters. The minimum atomic E-state index is -0.433. The first-order valence-corrected chi connectivity index (χ1v) is 11.3. The molecule has 8 heteroatoms. The second kappa shape index (κ2) is 9.42. The van der Waals surface area contributed by atoms with Gasteiger partial charge in [-0.15, -0.1) is 0 Å². The Labute approximate surface area is 202 Å². The van der Waals surface area contributed by atoms with Crippen LogP contribution in [0.3, 0.4) is 0 Å². The van der Waals surface area contributed by atoms with Crippen molar-refractivity contribution >= 4 is 23.2 Å². The molecule has 8 nitrogen and oxygen atoms in total. The topological polar surface area (TPSA) is 97.6 Å². The van der Waals surface area contributed by atoms with E-state index < -0.39 is 5.92 Å². The molecular formula is C27H24N4O4. The van der Waals surface area contributed by atoms with Gasteiger partial charge in [0.2, 0.25) is 17.6 Å². The van der Waals surface area contributed by atoms with Crippen LogP contribution in [0, 0.1) is 12.8 Å². The summed E-state index contributed by atoms with van der Waals surface area (Å²) in [7, 11) is 1.59. The van der Waals surface area contributed by atoms with Crippen molar-refractivity contribution in [3.05, 3.63) is 78.4 Å². The van der Waals surface area contributed by atoms with Crippen LogP contribution in [-0.2, 0) is 9.59 Å². The van der Waals surface area contributed by atoms with Crippen LogP contribution in [0.5, 0.6) is 5.75 Å². The number of hydrogen-bond donors (Lipinski definition) is 1. The van der Waals surface area contributed by atoms with Gasteiger partial charge in [-0.3, -0.25) is 9.59 Å². The van der Waals surface area contributed by atoms with Crippen molar-refractivity contribution in [2.75, 3.05) is 23.9 Å². The highest BCUT2D eigenvalue weighted by Gasteiger charge is 2.35. The zero-order valence-electron chi connectivity index (χ0n) is 19.4. The molecule has 4 aromatic rings.